The number of non-ortho nitro benzene ring substituents is 1. The zero-order valence-corrected chi connectivity index (χ0v) is 18.3. The van der Waals surface area contributed by atoms with E-state index < -0.39 is 11.1 Å². The van der Waals surface area contributed by atoms with E-state index in [2.05, 4.69) is 18.3 Å². The van der Waals surface area contributed by atoms with E-state index in [1.165, 1.54) is 10.9 Å². The number of fused-ring (bicyclic) bond motifs is 1. The molecular weight excluding hydrogens is 434 g/mol. The van der Waals surface area contributed by atoms with E-state index in [1.54, 1.807) is 23.5 Å². The average Bonchev–Trinajstić information content (AvgIpc) is 3.21. The summed E-state index contributed by atoms with van der Waals surface area (Å²) in [7, 11) is 0. The minimum Gasteiger partial charge on any atom is -0.450 e. The van der Waals surface area contributed by atoms with E-state index in [9.17, 15) is 14.9 Å². The van der Waals surface area contributed by atoms with E-state index in [0.717, 1.165) is 22.2 Å². The summed E-state index contributed by atoms with van der Waals surface area (Å²) < 4.78 is 4.89. The van der Waals surface area contributed by atoms with E-state index in [1.807, 2.05) is 11.0 Å². The summed E-state index contributed by atoms with van der Waals surface area (Å²) in [6.45, 7) is 3.67. The maximum absolute atomic E-state index is 11.1. The molecule has 0 atom stereocenters. The molecule has 1 aliphatic heterocycles. The van der Waals surface area contributed by atoms with Gasteiger partial charge in [-0.3, -0.25) is 10.1 Å². The third-order valence-corrected chi connectivity index (χ3v) is 6.53. The lowest BCUT2D eigenvalue weighted by Gasteiger charge is -2.31. The van der Waals surface area contributed by atoms with Crippen molar-refractivity contribution in [3.05, 3.63) is 50.9 Å². The molecule has 10 nitrogen and oxygen atoms in total. The molecule has 3 aromatic rings. The van der Waals surface area contributed by atoms with Crippen LogP contribution in [0.25, 0.3) is 10.2 Å². The Bertz CT molecular complexity index is 1140. The molecule has 4 rings (SSSR count). The van der Waals surface area contributed by atoms with Crippen molar-refractivity contribution >= 4 is 45.2 Å². The SMILES string of the molecule is CCc1cc2c(NCc3cccc([N+](=O)[O-])c3)nc(N3CCC(OC(=O)O)CC3)nc2s1. The fraction of sp³-hybridized carbons (Fsp3) is 0.381. The second-order valence-electron chi connectivity index (χ2n) is 7.51. The number of nitro groups is 1. The zero-order chi connectivity index (χ0) is 22.7. The molecule has 0 spiro atoms. The maximum Gasteiger partial charge on any atom is 0.506 e. The number of rotatable bonds is 7. The Morgan fingerprint density at radius 1 is 1.34 bits per heavy atom. The normalized spacial score (nSPS) is 14.5. The van der Waals surface area contributed by atoms with Crippen molar-refractivity contribution in [1.82, 2.24) is 9.97 Å². The van der Waals surface area contributed by atoms with Gasteiger partial charge in [-0.2, -0.15) is 4.98 Å². The van der Waals surface area contributed by atoms with Crippen LogP contribution in [0.3, 0.4) is 0 Å². The molecule has 0 radical (unpaired) electrons. The van der Waals surface area contributed by atoms with Crippen LogP contribution in [0.15, 0.2) is 30.3 Å². The quantitative estimate of drug-likeness (QED) is 0.300. The average molecular weight is 458 g/mol. The summed E-state index contributed by atoms with van der Waals surface area (Å²) >= 11 is 1.62. The van der Waals surface area contributed by atoms with Gasteiger partial charge in [-0.05, 0) is 18.1 Å². The first-order chi connectivity index (χ1) is 15.4. The molecule has 0 aliphatic carbocycles. The molecule has 1 aromatic carbocycles. The second-order valence-corrected chi connectivity index (χ2v) is 8.62. The number of benzene rings is 1. The summed E-state index contributed by atoms with van der Waals surface area (Å²) in [4.78, 5) is 35.0. The number of hydrogen-bond donors (Lipinski definition) is 2. The van der Waals surface area contributed by atoms with E-state index in [-0.39, 0.29) is 11.8 Å². The number of nitro benzene ring substituents is 1. The van der Waals surface area contributed by atoms with Crippen molar-refractivity contribution in [2.45, 2.75) is 38.8 Å². The van der Waals surface area contributed by atoms with E-state index in [4.69, 9.17) is 19.8 Å². The first-order valence-electron chi connectivity index (χ1n) is 10.3. The number of nitrogens with zero attached hydrogens (tertiary/aromatic N) is 4. The lowest BCUT2D eigenvalue weighted by Crippen LogP contribution is -2.38. The number of anilines is 2. The van der Waals surface area contributed by atoms with Crippen LogP contribution in [0.5, 0.6) is 0 Å². The monoisotopic (exact) mass is 457 g/mol. The molecule has 1 fully saturated rings. The highest BCUT2D eigenvalue weighted by Crippen LogP contribution is 2.32. The van der Waals surface area contributed by atoms with Gasteiger partial charge in [-0.15, -0.1) is 11.3 Å². The van der Waals surface area contributed by atoms with Crippen molar-refractivity contribution in [3.63, 3.8) is 0 Å². The molecule has 1 saturated heterocycles. The molecule has 2 N–H and O–H groups in total. The molecule has 0 unspecified atom stereocenters. The minimum absolute atomic E-state index is 0.0491. The molecule has 0 amide bonds. The van der Waals surface area contributed by atoms with Gasteiger partial charge in [0, 0.05) is 49.5 Å². The number of thiophene rings is 1. The highest BCUT2D eigenvalue weighted by Gasteiger charge is 2.25. The smallest absolute Gasteiger partial charge is 0.450 e. The third-order valence-electron chi connectivity index (χ3n) is 5.35. The number of hydrogen-bond acceptors (Lipinski definition) is 9. The number of aryl methyl sites for hydroxylation is 1. The topological polar surface area (TPSA) is 131 Å². The van der Waals surface area contributed by atoms with Crippen LogP contribution >= 0.6 is 11.3 Å². The van der Waals surface area contributed by atoms with Gasteiger partial charge >= 0.3 is 6.16 Å². The predicted octanol–water partition coefficient (Wildman–Crippen LogP) is 4.44. The van der Waals surface area contributed by atoms with Crippen LogP contribution in [0.4, 0.5) is 22.2 Å². The molecule has 168 valence electrons. The second kappa shape index (κ2) is 9.35. The van der Waals surface area contributed by atoms with Gasteiger partial charge in [-0.1, -0.05) is 19.1 Å². The van der Waals surface area contributed by atoms with Crippen LogP contribution in [0.1, 0.15) is 30.2 Å². The Morgan fingerprint density at radius 2 is 2.12 bits per heavy atom. The van der Waals surface area contributed by atoms with Gasteiger partial charge in [0.15, 0.2) is 0 Å². The maximum atomic E-state index is 11.1. The number of ether oxygens (including phenoxy) is 1. The molecule has 1 aliphatic rings. The summed E-state index contributed by atoms with van der Waals surface area (Å²) in [6.07, 6.45) is 0.481. The lowest BCUT2D eigenvalue weighted by atomic mass is 10.1. The number of piperidine rings is 1. The Kier molecular flexibility index (Phi) is 6.35. The lowest BCUT2D eigenvalue weighted by molar-refractivity contribution is -0.384. The Hall–Kier alpha value is -3.47. The number of nitrogens with one attached hydrogen (secondary N) is 1. The standard InChI is InChI=1S/C21H23N5O5S/c1-2-16-11-17-18(22-12-13-4-3-5-14(10-13)26(29)30)23-20(24-19(17)32-16)25-8-6-15(7-9-25)31-21(27)28/h3-5,10-11,15H,2,6-9,12H2,1H3,(H,27,28)(H,22,23,24). The summed E-state index contributed by atoms with van der Waals surface area (Å²) in [5, 5.41) is 24.1. The number of aromatic nitrogens is 2. The van der Waals surface area contributed by atoms with Gasteiger partial charge < -0.3 is 20.1 Å². The fourth-order valence-electron chi connectivity index (χ4n) is 3.69. The van der Waals surface area contributed by atoms with Crippen LogP contribution < -0.4 is 10.2 Å². The van der Waals surface area contributed by atoms with E-state index in [0.29, 0.717) is 44.2 Å². The summed E-state index contributed by atoms with van der Waals surface area (Å²) in [6, 6.07) is 8.59. The minimum atomic E-state index is -1.25. The zero-order valence-electron chi connectivity index (χ0n) is 17.5. The molecule has 0 saturated carbocycles. The van der Waals surface area contributed by atoms with Crippen molar-refractivity contribution in [3.8, 4) is 0 Å². The molecule has 0 bridgehead atoms. The molecule has 32 heavy (non-hydrogen) atoms. The third kappa shape index (κ3) is 4.88. The van der Waals surface area contributed by atoms with Gasteiger partial charge in [0.1, 0.15) is 16.8 Å². The number of carboxylic acid groups (broad SMARTS) is 1. The van der Waals surface area contributed by atoms with Crippen molar-refractivity contribution in [1.29, 1.82) is 0 Å². The fourth-order valence-corrected chi connectivity index (χ4v) is 4.65. The molecule has 11 heteroatoms. The largest absolute Gasteiger partial charge is 0.506 e. The van der Waals surface area contributed by atoms with Crippen LogP contribution in [-0.4, -0.2) is 45.3 Å². The van der Waals surface area contributed by atoms with Crippen molar-refractivity contribution < 1.29 is 19.6 Å². The number of carbonyl (C=O) groups is 1. The van der Waals surface area contributed by atoms with Crippen molar-refractivity contribution in [2.24, 2.45) is 0 Å². The highest BCUT2D eigenvalue weighted by atomic mass is 32.1. The van der Waals surface area contributed by atoms with Crippen LogP contribution in [0, 0.1) is 10.1 Å². The summed E-state index contributed by atoms with van der Waals surface area (Å²) in [5.74, 6) is 1.26. The van der Waals surface area contributed by atoms with Gasteiger partial charge in [-0.25, -0.2) is 9.78 Å². The molecular formula is C21H23N5O5S. The molecule has 3 heterocycles. The van der Waals surface area contributed by atoms with Crippen LogP contribution in [0.2, 0.25) is 0 Å². The van der Waals surface area contributed by atoms with Crippen molar-refractivity contribution in [2.75, 3.05) is 23.3 Å². The first kappa shape index (κ1) is 21.8. The van der Waals surface area contributed by atoms with Crippen LogP contribution in [-0.2, 0) is 17.7 Å². The first-order valence-corrected chi connectivity index (χ1v) is 11.2. The Labute approximate surface area is 188 Å². The van der Waals surface area contributed by atoms with Gasteiger partial charge in [0.05, 0.1) is 10.3 Å². The Balaban J connectivity index is 1.57. The van der Waals surface area contributed by atoms with Gasteiger partial charge in [0.25, 0.3) is 5.69 Å². The predicted molar refractivity (Wildman–Crippen MR) is 122 cm³/mol. The van der Waals surface area contributed by atoms with E-state index >= 15 is 0 Å². The van der Waals surface area contributed by atoms with Gasteiger partial charge in [0.2, 0.25) is 5.95 Å². The summed E-state index contributed by atoms with van der Waals surface area (Å²) in [5.41, 5.74) is 0.832. The molecule has 2 aromatic heterocycles. The highest BCUT2D eigenvalue weighted by molar-refractivity contribution is 7.18. The Morgan fingerprint density at radius 3 is 2.81 bits per heavy atom.